The van der Waals surface area contributed by atoms with Gasteiger partial charge in [0.25, 0.3) is 0 Å². The fourth-order valence-electron chi connectivity index (χ4n) is 2.23. The van der Waals surface area contributed by atoms with Gasteiger partial charge in [0.15, 0.2) is 11.6 Å². The Morgan fingerprint density at radius 2 is 1.83 bits per heavy atom. The van der Waals surface area contributed by atoms with Crippen molar-refractivity contribution in [2.24, 2.45) is 0 Å². The maximum atomic E-state index is 13.8. The summed E-state index contributed by atoms with van der Waals surface area (Å²) in [7, 11) is 1.45. The van der Waals surface area contributed by atoms with Gasteiger partial charge in [0.2, 0.25) is 0 Å². The van der Waals surface area contributed by atoms with E-state index in [-0.39, 0.29) is 11.6 Å². The van der Waals surface area contributed by atoms with Gasteiger partial charge in [0.1, 0.15) is 10.8 Å². The molecule has 23 heavy (non-hydrogen) atoms. The van der Waals surface area contributed by atoms with E-state index < -0.39 is 0 Å². The summed E-state index contributed by atoms with van der Waals surface area (Å²) in [4.78, 5) is 4.59. The van der Waals surface area contributed by atoms with Crippen LogP contribution in [0.5, 0.6) is 11.5 Å². The predicted molar refractivity (Wildman–Crippen MR) is 90.7 cm³/mol. The molecule has 3 nitrogen and oxygen atoms in total. The zero-order chi connectivity index (χ0) is 16.2. The second-order valence-corrected chi connectivity index (χ2v) is 5.70. The van der Waals surface area contributed by atoms with Gasteiger partial charge in [0, 0.05) is 16.5 Å². The van der Waals surface area contributed by atoms with Gasteiger partial charge in [-0.2, -0.15) is 0 Å². The lowest BCUT2D eigenvalue weighted by molar-refractivity contribution is 0.340. The van der Waals surface area contributed by atoms with Crippen LogP contribution in [0.2, 0.25) is 0 Å². The van der Waals surface area contributed by atoms with Crippen molar-refractivity contribution in [1.82, 2.24) is 4.98 Å². The van der Waals surface area contributed by atoms with Crippen LogP contribution < -0.4 is 9.47 Å². The number of hydrogen-bond donors (Lipinski definition) is 0. The van der Waals surface area contributed by atoms with Crippen molar-refractivity contribution in [1.29, 1.82) is 0 Å². The lowest BCUT2D eigenvalue weighted by Crippen LogP contribution is -1.90. The number of rotatable bonds is 5. The van der Waals surface area contributed by atoms with Crippen LogP contribution in [0.25, 0.3) is 21.8 Å². The van der Waals surface area contributed by atoms with Crippen molar-refractivity contribution in [3.8, 4) is 33.3 Å². The summed E-state index contributed by atoms with van der Waals surface area (Å²) in [6.07, 6.45) is 0. The Kier molecular flexibility index (Phi) is 4.57. The summed E-state index contributed by atoms with van der Waals surface area (Å²) in [5.41, 5.74) is 2.50. The van der Waals surface area contributed by atoms with Gasteiger partial charge in [-0.25, -0.2) is 9.37 Å². The minimum Gasteiger partial charge on any atom is -0.494 e. The highest BCUT2D eigenvalue weighted by molar-refractivity contribution is 7.13. The highest BCUT2D eigenvalue weighted by Gasteiger charge is 2.10. The number of nitrogens with zero attached hydrogens (tertiary/aromatic N) is 1. The van der Waals surface area contributed by atoms with Crippen LogP contribution >= 0.6 is 11.3 Å². The molecular formula is C18H16FNO2S. The average molecular weight is 329 g/mol. The summed E-state index contributed by atoms with van der Waals surface area (Å²) in [5, 5.41) is 2.81. The first-order valence-electron chi connectivity index (χ1n) is 7.24. The summed E-state index contributed by atoms with van der Waals surface area (Å²) in [5.74, 6) is 0.682. The van der Waals surface area contributed by atoms with Crippen LogP contribution in [0, 0.1) is 5.82 Å². The van der Waals surface area contributed by atoms with Gasteiger partial charge in [-0.05, 0) is 49.4 Å². The molecule has 1 aromatic heterocycles. The molecule has 0 atom stereocenters. The van der Waals surface area contributed by atoms with Gasteiger partial charge < -0.3 is 9.47 Å². The van der Waals surface area contributed by atoms with E-state index in [0.717, 1.165) is 27.6 Å². The predicted octanol–water partition coefficient (Wildman–Crippen LogP) is 5.02. The Morgan fingerprint density at radius 3 is 2.48 bits per heavy atom. The largest absolute Gasteiger partial charge is 0.494 e. The Morgan fingerprint density at radius 1 is 1.09 bits per heavy atom. The minimum atomic E-state index is -0.388. The van der Waals surface area contributed by atoms with Crippen molar-refractivity contribution in [2.75, 3.05) is 13.7 Å². The first-order valence-corrected chi connectivity index (χ1v) is 8.12. The van der Waals surface area contributed by atoms with Crippen LogP contribution in [0.15, 0.2) is 47.8 Å². The molecule has 0 aliphatic rings. The second-order valence-electron chi connectivity index (χ2n) is 4.84. The van der Waals surface area contributed by atoms with E-state index in [1.54, 1.807) is 12.1 Å². The Labute approximate surface area is 138 Å². The van der Waals surface area contributed by atoms with Crippen molar-refractivity contribution in [2.45, 2.75) is 6.92 Å². The average Bonchev–Trinajstić information content (AvgIpc) is 3.06. The second kappa shape index (κ2) is 6.79. The molecule has 3 rings (SSSR count). The third kappa shape index (κ3) is 3.35. The summed E-state index contributed by atoms with van der Waals surface area (Å²) < 4.78 is 24.2. The van der Waals surface area contributed by atoms with Crippen LogP contribution in [0.4, 0.5) is 4.39 Å². The maximum absolute atomic E-state index is 13.8. The standard InChI is InChI=1S/C18H16FNO2S/c1-3-22-14-7-4-12(5-8-14)18-20-16(11-23-18)13-6-9-17(21-2)15(19)10-13/h4-11H,3H2,1-2H3. The van der Waals surface area contributed by atoms with Crippen molar-refractivity contribution in [3.63, 3.8) is 0 Å². The SMILES string of the molecule is CCOc1ccc(-c2nc(-c3ccc(OC)c(F)c3)cs2)cc1. The van der Waals surface area contributed by atoms with Gasteiger partial charge >= 0.3 is 0 Å². The number of benzene rings is 2. The normalized spacial score (nSPS) is 10.6. The molecule has 0 saturated heterocycles. The Balaban J connectivity index is 1.86. The lowest BCUT2D eigenvalue weighted by atomic mass is 10.1. The molecule has 5 heteroatoms. The monoisotopic (exact) mass is 329 g/mol. The number of hydrogen-bond acceptors (Lipinski definition) is 4. The highest BCUT2D eigenvalue weighted by atomic mass is 32.1. The smallest absolute Gasteiger partial charge is 0.165 e. The van der Waals surface area contributed by atoms with Crippen molar-refractivity contribution < 1.29 is 13.9 Å². The summed E-state index contributed by atoms with van der Waals surface area (Å²) in [6.45, 7) is 2.60. The van der Waals surface area contributed by atoms with Crippen LogP contribution in [-0.4, -0.2) is 18.7 Å². The molecule has 2 aromatic carbocycles. The maximum Gasteiger partial charge on any atom is 0.165 e. The first kappa shape index (κ1) is 15.5. The molecule has 0 spiro atoms. The molecule has 0 saturated carbocycles. The number of halogens is 1. The van der Waals surface area contributed by atoms with Gasteiger partial charge in [-0.3, -0.25) is 0 Å². The molecule has 3 aromatic rings. The quantitative estimate of drug-likeness (QED) is 0.658. The van der Waals surface area contributed by atoms with Gasteiger partial charge in [0.05, 0.1) is 19.4 Å². The third-order valence-corrected chi connectivity index (χ3v) is 4.26. The van der Waals surface area contributed by atoms with E-state index in [1.807, 2.05) is 36.6 Å². The zero-order valence-electron chi connectivity index (χ0n) is 12.9. The summed E-state index contributed by atoms with van der Waals surface area (Å²) >= 11 is 1.53. The molecule has 0 amide bonds. The number of thiazole rings is 1. The minimum absolute atomic E-state index is 0.232. The summed E-state index contributed by atoms with van der Waals surface area (Å²) in [6, 6.07) is 12.7. The van der Waals surface area contributed by atoms with Crippen LogP contribution in [0.1, 0.15) is 6.92 Å². The molecule has 118 valence electrons. The molecule has 0 aliphatic carbocycles. The Hall–Kier alpha value is -2.40. The van der Waals surface area contributed by atoms with E-state index in [4.69, 9.17) is 9.47 Å². The molecule has 0 aliphatic heterocycles. The van der Waals surface area contributed by atoms with Crippen molar-refractivity contribution in [3.05, 3.63) is 53.7 Å². The molecule has 1 heterocycles. The fraction of sp³-hybridized carbons (Fsp3) is 0.167. The third-order valence-electron chi connectivity index (χ3n) is 3.36. The highest BCUT2D eigenvalue weighted by Crippen LogP contribution is 2.31. The lowest BCUT2D eigenvalue weighted by Gasteiger charge is -2.04. The van der Waals surface area contributed by atoms with Crippen LogP contribution in [0.3, 0.4) is 0 Å². The molecule has 0 bridgehead atoms. The van der Waals surface area contributed by atoms with E-state index in [2.05, 4.69) is 4.98 Å². The molecule has 0 N–H and O–H groups in total. The molecular weight excluding hydrogens is 313 g/mol. The topological polar surface area (TPSA) is 31.4 Å². The molecule has 0 radical (unpaired) electrons. The van der Waals surface area contributed by atoms with E-state index >= 15 is 0 Å². The number of ether oxygens (including phenoxy) is 2. The molecule has 0 fully saturated rings. The first-order chi connectivity index (χ1) is 11.2. The van der Waals surface area contributed by atoms with Gasteiger partial charge in [-0.15, -0.1) is 11.3 Å². The number of methoxy groups -OCH3 is 1. The van der Waals surface area contributed by atoms with Gasteiger partial charge in [-0.1, -0.05) is 0 Å². The van der Waals surface area contributed by atoms with Crippen LogP contribution in [-0.2, 0) is 0 Å². The Bertz CT molecular complexity index is 799. The number of aromatic nitrogens is 1. The van der Waals surface area contributed by atoms with E-state index in [0.29, 0.717) is 6.61 Å². The fourth-order valence-corrected chi connectivity index (χ4v) is 3.06. The van der Waals surface area contributed by atoms with E-state index in [1.165, 1.54) is 24.5 Å². The van der Waals surface area contributed by atoms with E-state index in [9.17, 15) is 4.39 Å². The zero-order valence-corrected chi connectivity index (χ0v) is 13.7. The van der Waals surface area contributed by atoms with Crippen molar-refractivity contribution >= 4 is 11.3 Å². The molecule has 0 unspecified atom stereocenters.